The number of halogens is 1. The number of benzene rings is 1. The van der Waals surface area contributed by atoms with Crippen LogP contribution in [0.2, 0.25) is 5.02 Å². The smallest absolute Gasteiger partial charge is 0.235 e. The molecule has 1 amide bonds. The van der Waals surface area contributed by atoms with Crippen LogP contribution in [-0.4, -0.2) is 40.9 Å². The Balaban J connectivity index is 2.54. The van der Waals surface area contributed by atoms with Gasteiger partial charge < -0.3 is 10.6 Å². The average molecular weight is 289 g/mol. The second-order valence-corrected chi connectivity index (χ2v) is 5.79. The van der Waals surface area contributed by atoms with Gasteiger partial charge in [-0.15, -0.1) is 0 Å². The van der Waals surface area contributed by atoms with Gasteiger partial charge in [-0.1, -0.05) is 11.6 Å². The highest BCUT2D eigenvalue weighted by atomic mass is 35.5. The van der Waals surface area contributed by atoms with Crippen LogP contribution in [0.1, 0.15) is 6.42 Å². The number of nitrogens with zero attached hydrogens (tertiary/aromatic N) is 1. The zero-order valence-corrected chi connectivity index (χ0v) is 11.8. The van der Waals surface area contributed by atoms with E-state index in [9.17, 15) is 9.00 Å². The third-order valence-electron chi connectivity index (χ3n) is 2.45. The van der Waals surface area contributed by atoms with E-state index >= 15 is 0 Å². The number of nitrogens with two attached hydrogens (primary N) is 1. The third kappa shape index (κ3) is 4.76. The molecule has 1 aromatic rings. The van der Waals surface area contributed by atoms with Crippen molar-refractivity contribution in [3.8, 4) is 0 Å². The van der Waals surface area contributed by atoms with Gasteiger partial charge in [0.25, 0.3) is 0 Å². The van der Waals surface area contributed by atoms with Crippen molar-refractivity contribution in [3.63, 3.8) is 0 Å². The number of amides is 1. The molecule has 1 rings (SSSR count). The van der Waals surface area contributed by atoms with Gasteiger partial charge in [0.1, 0.15) is 5.75 Å². The van der Waals surface area contributed by atoms with Gasteiger partial charge in [-0.25, -0.2) is 0 Å². The van der Waals surface area contributed by atoms with E-state index < -0.39 is 10.8 Å². The highest BCUT2D eigenvalue weighted by molar-refractivity contribution is 7.85. The SMILES string of the molecule is CN(CCCN)C(=O)CS(=O)c1ccc(Cl)cc1. The minimum Gasteiger partial charge on any atom is -0.345 e. The summed E-state index contributed by atoms with van der Waals surface area (Å²) in [5.74, 6) is -0.153. The first-order valence-electron chi connectivity index (χ1n) is 5.62. The van der Waals surface area contributed by atoms with E-state index in [-0.39, 0.29) is 11.7 Å². The number of hydrogen-bond donors (Lipinski definition) is 1. The zero-order valence-electron chi connectivity index (χ0n) is 10.3. The van der Waals surface area contributed by atoms with Crippen molar-refractivity contribution in [3.05, 3.63) is 29.3 Å². The van der Waals surface area contributed by atoms with Crippen molar-refractivity contribution < 1.29 is 9.00 Å². The molecule has 0 aliphatic heterocycles. The summed E-state index contributed by atoms with van der Waals surface area (Å²) in [6.07, 6.45) is 0.746. The van der Waals surface area contributed by atoms with Crippen LogP contribution in [0.15, 0.2) is 29.2 Å². The molecule has 0 aliphatic carbocycles. The number of carbonyl (C=O) groups excluding carboxylic acids is 1. The summed E-state index contributed by atoms with van der Waals surface area (Å²) < 4.78 is 11.9. The van der Waals surface area contributed by atoms with Crippen molar-refractivity contribution in [1.29, 1.82) is 0 Å². The van der Waals surface area contributed by atoms with Gasteiger partial charge in [-0.3, -0.25) is 9.00 Å². The molecule has 0 aliphatic rings. The van der Waals surface area contributed by atoms with Crippen LogP contribution in [0.3, 0.4) is 0 Å². The molecule has 0 bridgehead atoms. The maximum absolute atomic E-state index is 11.9. The molecule has 0 spiro atoms. The van der Waals surface area contributed by atoms with Gasteiger partial charge >= 0.3 is 0 Å². The molecule has 0 saturated carbocycles. The molecule has 0 radical (unpaired) electrons. The summed E-state index contributed by atoms with van der Waals surface area (Å²) in [5.41, 5.74) is 5.37. The summed E-state index contributed by atoms with van der Waals surface area (Å²) in [7, 11) is 0.363. The molecule has 1 atom stereocenters. The average Bonchev–Trinajstić information content (AvgIpc) is 2.36. The van der Waals surface area contributed by atoms with E-state index in [2.05, 4.69) is 0 Å². The van der Waals surface area contributed by atoms with Gasteiger partial charge in [0.2, 0.25) is 5.91 Å². The highest BCUT2D eigenvalue weighted by Crippen LogP contribution is 2.13. The van der Waals surface area contributed by atoms with E-state index in [0.717, 1.165) is 6.42 Å². The molecule has 0 heterocycles. The standard InChI is InChI=1S/C12H17ClN2O2S/c1-15(8-2-7-14)12(16)9-18(17)11-5-3-10(13)4-6-11/h3-6H,2,7-9,14H2,1H3. The Bertz CT molecular complexity index is 423. The summed E-state index contributed by atoms with van der Waals surface area (Å²) in [6, 6.07) is 6.67. The largest absolute Gasteiger partial charge is 0.345 e. The lowest BCUT2D eigenvalue weighted by Gasteiger charge is -2.16. The van der Waals surface area contributed by atoms with Crippen LogP contribution in [0.5, 0.6) is 0 Å². The Labute approximate surface area is 115 Å². The van der Waals surface area contributed by atoms with Crippen molar-refractivity contribution in [2.24, 2.45) is 5.73 Å². The summed E-state index contributed by atoms with van der Waals surface area (Å²) in [4.78, 5) is 13.9. The van der Waals surface area contributed by atoms with Gasteiger partial charge in [0.05, 0.1) is 10.8 Å². The van der Waals surface area contributed by atoms with Gasteiger partial charge in [-0.05, 0) is 37.2 Å². The molecule has 0 saturated heterocycles. The molecular weight excluding hydrogens is 272 g/mol. The minimum absolute atomic E-state index is 0.0112. The Hall–Kier alpha value is -0.910. The molecule has 0 aromatic heterocycles. The lowest BCUT2D eigenvalue weighted by atomic mass is 10.4. The fourth-order valence-electron chi connectivity index (χ4n) is 1.35. The molecule has 1 unspecified atom stereocenters. The van der Waals surface area contributed by atoms with E-state index in [0.29, 0.717) is 23.0 Å². The zero-order chi connectivity index (χ0) is 13.5. The quantitative estimate of drug-likeness (QED) is 0.857. The van der Waals surface area contributed by atoms with Gasteiger partial charge in [0.15, 0.2) is 0 Å². The maximum atomic E-state index is 11.9. The van der Waals surface area contributed by atoms with E-state index in [1.807, 2.05) is 0 Å². The second kappa shape index (κ2) is 7.51. The number of hydrogen-bond acceptors (Lipinski definition) is 3. The topological polar surface area (TPSA) is 63.4 Å². The summed E-state index contributed by atoms with van der Waals surface area (Å²) in [6.45, 7) is 1.13. The Morgan fingerprint density at radius 3 is 2.56 bits per heavy atom. The Morgan fingerprint density at radius 2 is 2.00 bits per heavy atom. The van der Waals surface area contributed by atoms with Crippen LogP contribution < -0.4 is 5.73 Å². The first-order chi connectivity index (χ1) is 8.54. The normalized spacial score (nSPS) is 12.2. The number of rotatable bonds is 6. The lowest BCUT2D eigenvalue weighted by molar-refractivity contribution is -0.127. The van der Waals surface area contributed by atoms with Crippen LogP contribution in [0, 0.1) is 0 Å². The minimum atomic E-state index is -1.33. The molecule has 18 heavy (non-hydrogen) atoms. The fraction of sp³-hybridized carbons (Fsp3) is 0.417. The highest BCUT2D eigenvalue weighted by Gasteiger charge is 2.13. The first kappa shape index (κ1) is 15.1. The monoisotopic (exact) mass is 288 g/mol. The predicted octanol–water partition coefficient (Wildman–Crippen LogP) is 1.25. The molecule has 100 valence electrons. The molecule has 2 N–H and O–H groups in total. The van der Waals surface area contributed by atoms with Crippen molar-refractivity contribution in [2.45, 2.75) is 11.3 Å². The van der Waals surface area contributed by atoms with E-state index in [1.165, 1.54) is 0 Å². The van der Waals surface area contributed by atoms with Crippen molar-refractivity contribution in [1.82, 2.24) is 4.90 Å². The molecule has 0 fully saturated rings. The van der Waals surface area contributed by atoms with Crippen LogP contribution in [0.25, 0.3) is 0 Å². The summed E-state index contributed by atoms with van der Waals surface area (Å²) in [5, 5.41) is 0.585. The fourth-order valence-corrected chi connectivity index (χ4v) is 2.52. The number of carbonyl (C=O) groups is 1. The van der Waals surface area contributed by atoms with Gasteiger partial charge in [-0.2, -0.15) is 0 Å². The molecular formula is C12H17ClN2O2S. The Morgan fingerprint density at radius 1 is 1.39 bits per heavy atom. The van der Waals surface area contributed by atoms with Crippen LogP contribution >= 0.6 is 11.6 Å². The molecule has 6 heteroatoms. The molecule has 4 nitrogen and oxygen atoms in total. The van der Waals surface area contributed by atoms with Crippen molar-refractivity contribution in [2.75, 3.05) is 25.9 Å². The van der Waals surface area contributed by atoms with Crippen molar-refractivity contribution >= 4 is 28.3 Å². The first-order valence-corrected chi connectivity index (χ1v) is 7.32. The van der Waals surface area contributed by atoms with Crippen LogP contribution in [-0.2, 0) is 15.6 Å². The van der Waals surface area contributed by atoms with Gasteiger partial charge in [0, 0.05) is 23.5 Å². The third-order valence-corrected chi connectivity index (χ3v) is 4.01. The maximum Gasteiger partial charge on any atom is 0.235 e. The van der Waals surface area contributed by atoms with E-state index in [1.54, 1.807) is 36.2 Å². The summed E-state index contributed by atoms with van der Waals surface area (Å²) >= 11 is 5.74. The lowest BCUT2D eigenvalue weighted by Crippen LogP contribution is -2.32. The predicted molar refractivity (Wildman–Crippen MR) is 74.0 cm³/mol. The van der Waals surface area contributed by atoms with Crippen LogP contribution in [0.4, 0.5) is 0 Å². The van der Waals surface area contributed by atoms with E-state index in [4.69, 9.17) is 17.3 Å². The Kier molecular flexibility index (Phi) is 6.32. The second-order valence-electron chi connectivity index (χ2n) is 3.90. The molecule has 1 aromatic carbocycles.